The first kappa shape index (κ1) is 30.1. The number of allylic oxidation sites excluding steroid dienone is 2. The molecule has 0 spiro atoms. The van der Waals surface area contributed by atoms with Gasteiger partial charge in [-0.1, -0.05) is 72.8 Å². The van der Waals surface area contributed by atoms with Gasteiger partial charge in [-0.15, -0.1) is 0 Å². The molecule has 0 fully saturated rings. The molecular weight excluding hydrogens is 496 g/mol. The lowest BCUT2D eigenvalue weighted by atomic mass is 9.94. The molecule has 0 bridgehead atoms. The van der Waals surface area contributed by atoms with Crippen LogP contribution in [0.2, 0.25) is 0 Å². The fraction of sp³-hybridized carbons (Fsp3) is 0.452. The summed E-state index contributed by atoms with van der Waals surface area (Å²) in [7, 11) is 0. The van der Waals surface area contributed by atoms with E-state index in [1.54, 1.807) is 6.92 Å². The predicted octanol–water partition coefficient (Wildman–Crippen LogP) is 3.33. The van der Waals surface area contributed by atoms with Crippen molar-refractivity contribution in [2.45, 2.75) is 57.7 Å². The van der Waals surface area contributed by atoms with Gasteiger partial charge in [-0.2, -0.15) is 0 Å². The summed E-state index contributed by atoms with van der Waals surface area (Å²) in [5, 5.41) is 14.9. The van der Waals surface area contributed by atoms with Gasteiger partial charge < -0.3 is 25.2 Å². The molecule has 0 saturated carbocycles. The molecule has 8 heteroatoms. The highest BCUT2D eigenvalue weighted by Crippen LogP contribution is 2.19. The molecule has 0 aliphatic carbocycles. The van der Waals surface area contributed by atoms with Crippen molar-refractivity contribution in [2.75, 3.05) is 19.8 Å². The molecule has 0 saturated heterocycles. The highest BCUT2D eigenvalue weighted by molar-refractivity contribution is 5.86. The Kier molecular flexibility index (Phi) is 12.7. The van der Waals surface area contributed by atoms with Gasteiger partial charge >= 0.3 is 5.97 Å². The van der Waals surface area contributed by atoms with E-state index in [4.69, 9.17) is 9.47 Å². The van der Waals surface area contributed by atoms with E-state index in [9.17, 15) is 19.5 Å². The Morgan fingerprint density at radius 2 is 1.74 bits per heavy atom. The van der Waals surface area contributed by atoms with Crippen molar-refractivity contribution >= 4 is 17.8 Å². The highest BCUT2D eigenvalue weighted by Gasteiger charge is 2.27. The Hall–Kier alpha value is -3.49. The third-order valence-corrected chi connectivity index (χ3v) is 6.61. The van der Waals surface area contributed by atoms with E-state index in [1.807, 2.05) is 72.8 Å². The Bertz CT molecular complexity index is 1060. The second-order valence-electron chi connectivity index (χ2n) is 10.1. The number of hydrogen-bond acceptors (Lipinski definition) is 6. The minimum absolute atomic E-state index is 0.0193. The van der Waals surface area contributed by atoms with Crippen LogP contribution in [0.25, 0.3) is 0 Å². The number of amides is 2. The zero-order valence-electron chi connectivity index (χ0n) is 22.6. The molecule has 3 rings (SSSR count). The number of aliphatic hydroxyl groups is 1. The second kappa shape index (κ2) is 16.5. The minimum Gasteiger partial charge on any atom is -0.463 e. The van der Waals surface area contributed by atoms with Crippen LogP contribution in [0, 0.1) is 11.8 Å². The first-order valence-electron chi connectivity index (χ1n) is 13.6. The van der Waals surface area contributed by atoms with E-state index in [0.717, 1.165) is 11.1 Å². The van der Waals surface area contributed by atoms with Crippen LogP contribution in [-0.2, 0) is 36.9 Å². The molecule has 0 aromatic heterocycles. The standard InChI is InChI=1S/C31H40N2O6/c1-23(19-34)32-29(35)18-26-15-9-4-10-16-27(17-24-11-5-2-6-12-24)31(37)39-22-28(33-30(26)36)21-38-20-25-13-7-3-8-14-25/h2-9,11-14,23,26-28,34H,10,15-22H2,1H3,(H,32,35)(H,33,36)/t23-,26+,27+,28-/m0/s1. The van der Waals surface area contributed by atoms with Crippen LogP contribution in [0.4, 0.5) is 0 Å². The SMILES string of the molecule is C[C@@H](CO)NC(=O)C[C@H]1CC=CCC[C@H](Cc2ccccc2)C(=O)OC[C@H](COCc2ccccc2)NC1=O. The van der Waals surface area contributed by atoms with Crippen LogP contribution in [0.5, 0.6) is 0 Å². The molecular formula is C31H40N2O6. The van der Waals surface area contributed by atoms with Crippen LogP contribution in [0.3, 0.4) is 0 Å². The van der Waals surface area contributed by atoms with Crippen molar-refractivity contribution in [2.24, 2.45) is 11.8 Å². The van der Waals surface area contributed by atoms with Crippen molar-refractivity contribution in [3.63, 3.8) is 0 Å². The first-order valence-corrected chi connectivity index (χ1v) is 13.6. The van der Waals surface area contributed by atoms with Crippen LogP contribution in [0.1, 0.15) is 43.7 Å². The molecule has 0 unspecified atom stereocenters. The molecule has 2 aromatic rings. The maximum Gasteiger partial charge on any atom is 0.309 e. The molecule has 8 nitrogen and oxygen atoms in total. The number of carbonyl (C=O) groups excluding carboxylic acids is 3. The second-order valence-corrected chi connectivity index (χ2v) is 10.1. The van der Waals surface area contributed by atoms with Crippen molar-refractivity contribution in [3.8, 4) is 0 Å². The molecule has 2 aromatic carbocycles. The van der Waals surface area contributed by atoms with Gasteiger partial charge in [0.15, 0.2) is 0 Å². The molecule has 1 heterocycles. The number of carbonyl (C=O) groups is 3. The molecule has 39 heavy (non-hydrogen) atoms. The third-order valence-electron chi connectivity index (χ3n) is 6.61. The van der Waals surface area contributed by atoms with Crippen molar-refractivity contribution in [1.82, 2.24) is 10.6 Å². The van der Waals surface area contributed by atoms with Crippen LogP contribution in [0.15, 0.2) is 72.8 Å². The number of nitrogens with one attached hydrogen (secondary N) is 2. The van der Waals surface area contributed by atoms with Gasteiger partial charge in [-0.05, 0) is 43.7 Å². The third kappa shape index (κ3) is 11.0. The average Bonchev–Trinajstić information content (AvgIpc) is 2.95. The molecule has 1 aliphatic rings. The van der Waals surface area contributed by atoms with Gasteiger partial charge in [-0.25, -0.2) is 0 Å². The van der Waals surface area contributed by atoms with E-state index in [2.05, 4.69) is 10.6 Å². The number of rotatable bonds is 10. The van der Waals surface area contributed by atoms with Crippen molar-refractivity contribution in [1.29, 1.82) is 0 Å². The summed E-state index contributed by atoms with van der Waals surface area (Å²) in [6, 6.07) is 18.5. The molecule has 1 aliphatic heterocycles. The average molecular weight is 537 g/mol. The van der Waals surface area contributed by atoms with E-state index >= 15 is 0 Å². The van der Waals surface area contributed by atoms with Gasteiger partial charge in [0.2, 0.25) is 11.8 Å². The van der Waals surface area contributed by atoms with Gasteiger partial charge in [0.1, 0.15) is 6.61 Å². The summed E-state index contributed by atoms with van der Waals surface area (Å²) >= 11 is 0. The fourth-order valence-corrected chi connectivity index (χ4v) is 4.41. The Morgan fingerprint density at radius 3 is 2.44 bits per heavy atom. The summed E-state index contributed by atoms with van der Waals surface area (Å²) < 4.78 is 11.6. The Balaban J connectivity index is 1.72. The van der Waals surface area contributed by atoms with Gasteiger partial charge in [0, 0.05) is 12.5 Å². The topological polar surface area (TPSA) is 114 Å². The zero-order chi connectivity index (χ0) is 27.9. The summed E-state index contributed by atoms with van der Waals surface area (Å²) in [6.45, 7) is 1.99. The van der Waals surface area contributed by atoms with Crippen LogP contribution >= 0.6 is 0 Å². The number of ether oxygens (including phenoxy) is 2. The summed E-state index contributed by atoms with van der Waals surface area (Å²) in [6.07, 6.45) is 6.05. The minimum atomic E-state index is -0.611. The van der Waals surface area contributed by atoms with Crippen LogP contribution < -0.4 is 10.6 Å². The van der Waals surface area contributed by atoms with E-state index in [0.29, 0.717) is 32.3 Å². The molecule has 2 amide bonds. The maximum atomic E-state index is 13.3. The fourth-order valence-electron chi connectivity index (χ4n) is 4.41. The van der Waals surface area contributed by atoms with Gasteiger partial charge in [0.05, 0.1) is 37.7 Å². The van der Waals surface area contributed by atoms with Gasteiger partial charge in [-0.3, -0.25) is 14.4 Å². The van der Waals surface area contributed by atoms with Gasteiger partial charge in [0.25, 0.3) is 0 Å². The summed E-state index contributed by atoms with van der Waals surface area (Å²) in [4.78, 5) is 38.9. The number of cyclic esters (lactones) is 1. The maximum absolute atomic E-state index is 13.3. The zero-order valence-corrected chi connectivity index (χ0v) is 22.6. The van der Waals surface area contributed by atoms with Crippen molar-refractivity contribution < 1.29 is 29.0 Å². The Labute approximate surface area is 230 Å². The lowest BCUT2D eigenvalue weighted by Crippen LogP contribution is -2.46. The highest BCUT2D eigenvalue weighted by atomic mass is 16.5. The number of benzene rings is 2. The smallest absolute Gasteiger partial charge is 0.309 e. The van der Waals surface area contributed by atoms with Crippen LogP contribution in [-0.4, -0.2) is 54.8 Å². The molecule has 210 valence electrons. The number of aliphatic hydroxyl groups excluding tert-OH is 1. The lowest BCUT2D eigenvalue weighted by molar-refractivity contribution is -0.150. The molecule has 0 radical (unpaired) electrons. The lowest BCUT2D eigenvalue weighted by Gasteiger charge is -2.23. The molecule has 3 N–H and O–H groups in total. The predicted molar refractivity (Wildman–Crippen MR) is 148 cm³/mol. The largest absolute Gasteiger partial charge is 0.463 e. The van der Waals surface area contributed by atoms with E-state index in [1.165, 1.54) is 0 Å². The summed E-state index contributed by atoms with van der Waals surface area (Å²) in [5.74, 6) is -1.85. The first-order chi connectivity index (χ1) is 18.9. The quantitative estimate of drug-likeness (QED) is 0.317. The normalized spacial score (nSPS) is 21.4. The van der Waals surface area contributed by atoms with E-state index in [-0.39, 0.29) is 49.9 Å². The molecule has 4 atom stereocenters. The number of hydrogen-bond donors (Lipinski definition) is 3. The summed E-state index contributed by atoms with van der Waals surface area (Å²) in [5.41, 5.74) is 2.05. The van der Waals surface area contributed by atoms with E-state index < -0.39 is 18.0 Å². The number of esters is 1. The van der Waals surface area contributed by atoms with Crippen molar-refractivity contribution in [3.05, 3.63) is 83.9 Å². The monoisotopic (exact) mass is 536 g/mol. The Morgan fingerprint density at radius 1 is 1.05 bits per heavy atom.